The first-order valence-corrected chi connectivity index (χ1v) is 15.7. The maximum Gasteiger partial charge on any atom is 0.248 e. The molecule has 210 valence electrons. The van der Waals surface area contributed by atoms with E-state index < -0.39 is 0 Å². The van der Waals surface area contributed by atoms with Gasteiger partial charge in [0.05, 0.1) is 30.5 Å². The van der Waals surface area contributed by atoms with E-state index in [0.717, 1.165) is 59.0 Å². The van der Waals surface area contributed by atoms with Gasteiger partial charge >= 0.3 is 0 Å². The molecular weight excluding hydrogens is 583 g/mol. The highest BCUT2D eigenvalue weighted by atomic mass is 35.5. The van der Waals surface area contributed by atoms with Crippen LogP contribution in [0.2, 0.25) is 10.0 Å². The van der Waals surface area contributed by atoms with Crippen LogP contribution in [0.15, 0.2) is 71.7 Å². The third-order valence-electron chi connectivity index (χ3n) is 6.40. The zero-order chi connectivity index (χ0) is 28.5. The number of nitrogens with zero attached hydrogens (tertiary/aromatic N) is 4. The standard InChI is InChI=1S/C30H32Cl2N4O2S2/c1-3-19-35-27-21(31)13-11-15-23(27)39-29(35)33-25(37)17-9-7-5-6-8-10-18-26(38)34-30-36(20-4-2)28-22(32)14-12-16-24(28)40-30/h3-4,11-16H,1-2,5-10,17-20H2. The number of aromatic nitrogens is 2. The Kier molecular flexibility index (Phi) is 11.1. The Morgan fingerprint density at radius 2 is 1.10 bits per heavy atom. The van der Waals surface area contributed by atoms with Crippen molar-refractivity contribution >= 4 is 78.1 Å². The van der Waals surface area contributed by atoms with Crippen molar-refractivity contribution in [3.05, 3.63) is 81.4 Å². The van der Waals surface area contributed by atoms with Gasteiger partial charge in [0.1, 0.15) is 0 Å². The Morgan fingerprint density at radius 3 is 1.50 bits per heavy atom. The molecule has 0 unspecified atom stereocenters. The van der Waals surface area contributed by atoms with Gasteiger partial charge in [-0.3, -0.25) is 9.59 Å². The Hall–Kier alpha value is -2.78. The fourth-order valence-corrected chi connectivity index (χ4v) is 7.36. The third-order valence-corrected chi connectivity index (χ3v) is 9.10. The van der Waals surface area contributed by atoms with Crippen molar-refractivity contribution in [3.63, 3.8) is 0 Å². The van der Waals surface area contributed by atoms with Gasteiger partial charge < -0.3 is 9.13 Å². The van der Waals surface area contributed by atoms with Gasteiger partial charge in [-0.2, -0.15) is 9.98 Å². The van der Waals surface area contributed by atoms with Crippen LogP contribution in [0.4, 0.5) is 0 Å². The Balaban J connectivity index is 1.21. The number of para-hydroxylation sites is 2. The summed E-state index contributed by atoms with van der Waals surface area (Å²) in [4.78, 5) is 35.1. The number of halogens is 2. The topological polar surface area (TPSA) is 68.7 Å². The highest BCUT2D eigenvalue weighted by Gasteiger charge is 2.11. The predicted octanol–water partition coefficient (Wildman–Crippen LogP) is 8.07. The van der Waals surface area contributed by atoms with E-state index in [1.54, 1.807) is 12.2 Å². The van der Waals surface area contributed by atoms with Gasteiger partial charge in [-0.05, 0) is 37.1 Å². The third kappa shape index (κ3) is 7.49. The monoisotopic (exact) mass is 614 g/mol. The molecule has 10 heteroatoms. The minimum atomic E-state index is -0.121. The number of hydrogen-bond acceptors (Lipinski definition) is 4. The molecule has 4 aromatic rings. The Bertz CT molecular complexity index is 1550. The molecule has 2 amide bonds. The fraction of sp³-hybridized carbons (Fsp3) is 0.333. The van der Waals surface area contributed by atoms with Gasteiger partial charge in [-0.15, -0.1) is 13.2 Å². The van der Waals surface area contributed by atoms with E-state index in [1.165, 1.54) is 22.7 Å². The second-order valence-electron chi connectivity index (χ2n) is 9.37. The molecule has 0 saturated heterocycles. The minimum Gasteiger partial charge on any atom is -0.311 e. The van der Waals surface area contributed by atoms with E-state index in [0.29, 0.717) is 45.6 Å². The Labute approximate surface area is 251 Å². The molecule has 0 radical (unpaired) electrons. The van der Waals surface area contributed by atoms with Crippen molar-refractivity contribution in [2.45, 2.75) is 64.5 Å². The number of thiazole rings is 2. The summed E-state index contributed by atoms with van der Waals surface area (Å²) >= 11 is 15.7. The number of carbonyl (C=O) groups excluding carboxylic acids is 2. The molecule has 0 bridgehead atoms. The van der Waals surface area contributed by atoms with E-state index in [1.807, 2.05) is 45.5 Å². The van der Waals surface area contributed by atoms with Crippen molar-refractivity contribution in [2.75, 3.05) is 0 Å². The highest BCUT2D eigenvalue weighted by Crippen LogP contribution is 2.26. The lowest BCUT2D eigenvalue weighted by Gasteiger charge is -2.03. The predicted molar refractivity (Wildman–Crippen MR) is 168 cm³/mol. The van der Waals surface area contributed by atoms with E-state index >= 15 is 0 Å². The maximum absolute atomic E-state index is 12.5. The summed E-state index contributed by atoms with van der Waals surface area (Å²) in [6.45, 7) is 8.71. The lowest BCUT2D eigenvalue weighted by Crippen LogP contribution is -2.16. The molecular formula is C30H32Cl2N4O2S2. The largest absolute Gasteiger partial charge is 0.311 e. The summed E-state index contributed by atoms with van der Waals surface area (Å²) in [5.41, 5.74) is 1.77. The van der Waals surface area contributed by atoms with Crippen molar-refractivity contribution in [2.24, 2.45) is 9.98 Å². The molecule has 4 rings (SSSR count). The molecule has 0 aliphatic rings. The van der Waals surface area contributed by atoms with Gasteiger partial charge in [0.15, 0.2) is 9.60 Å². The summed E-state index contributed by atoms with van der Waals surface area (Å²) in [6.07, 6.45) is 9.91. The molecule has 0 atom stereocenters. The number of benzene rings is 2. The Morgan fingerprint density at radius 1 is 0.700 bits per heavy atom. The number of fused-ring (bicyclic) bond motifs is 2. The average molecular weight is 616 g/mol. The number of unbranched alkanes of at least 4 members (excludes halogenated alkanes) is 5. The summed E-state index contributed by atoms with van der Waals surface area (Å²) in [7, 11) is 0. The van der Waals surface area contributed by atoms with E-state index in [2.05, 4.69) is 23.1 Å². The van der Waals surface area contributed by atoms with Crippen molar-refractivity contribution < 1.29 is 9.59 Å². The van der Waals surface area contributed by atoms with Crippen LogP contribution in [0.5, 0.6) is 0 Å². The van der Waals surface area contributed by atoms with Gasteiger partial charge in [-0.1, -0.05) is 95.8 Å². The first-order chi connectivity index (χ1) is 19.4. The van der Waals surface area contributed by atoms with E-state index in [9.17, 15) is 9.59 Å². The summed E-state index contributed by atoms with van der Waals surface area (Å²) in [5.74, 6) is -0.243. The molecule has 40 heavy (non-hydrogen) atoms. The second kappa shape index (κ2) is 14.7. The maximum atomic E-state index is 12.5. The van der Waals surface area contributed by atoms with Crippen LogP contribution < -0.4 is 9.60 Å². The van der Waals surface area contributed by atoms with Crippen molar-refractivity contribution in [1.29, 1.82) is 0 Å². The lowest BCUT2D eigenvalue weighted by molar-refractivity contribution is -0.119. The molecule has 2 aromatic heterocycles. The van der Waals surface area contributed by atoms with Crippen LogP contribution in [-0.2, 0) is 22.7 Å². The fourth-order valence-electron chi connectivity index (χ4n) is 4.53. The minimum absolute atomic E-state index is 0.121. The number of carbonyl (C=O) groups is 2. The molecule has 2 aromatic carbocycles. The zero-order valence-corrected chi connectivity index (χ0v) is 25.4. The van der Waals surface area contributed by atoms with Gasteiger partial charge in [0.2, 0.25) is 11.8 Å². The van der Waals surface area contributed by atoms with Crippen LogP contribution in [0.3, 0.4) is 0 Å². The van der Waals surface area contributed by atoms with Gasteiger partial charge in [-0.25, -0.2) is 0 Å². The van der Waals surface area contributed by atoms with Crippen LogP contribution in [0.25, 0.3) is 20.4 Å². The molecule has 2 heterocycles. The van der Waals surface area contributed by atoms with Crippen LogP contribution >= 0.6 is 45.9 Å². The molecule has 0 aliphatic heterocycles. The molecule has 6 nitrogen and oxygen atoms in total. The zero-order valence-electron chi connectivity index (χ0n) is 22.3. The van der Waals surface area contributed by atoms with Crippen LogP contribution in [-0.4, -0.2) is 20.9 Å². The smallest absolute Gasteiger partial charge is 0.248 e. The van der Waals surface area contributed by atoms with Gasteiger partial charge in [0, 0.05) is 25.9 Å². The number of rotatable bonds is 13. The first-order valence-electron chi connectivity index (χ1n) is 13.4. The average Bonchev–Trinajstić information content (AvgIpc) is 3.45. The summed E-state index contributed by atoms with van der Waals surface area (Å²) in [5, 5.41) is 1.28. The number of hydrogen-bond donors (Lipinski definition) is 0. The number of allylic oxidation sites excluding steroid dienone is 2. The van der Waals surface area contributed by atoms with Gasteiger partial charge in [0.25, 0.3) is 0 Å². The molecule has 0 saturated carbocycles. The number of amides is 2. The summed E-state index contributed by atoms with van der Waals surface area (Å²) in [6, 6.07) is 11.4. The lowest BCUT2D eigenvalue weighted by atomic mass is 10.1. The molecule has 0 aliphatic carbocycles. The first kappa shape index (κ1) is 30.2. The van der Waals surface area contributed by atoms with Crippen molar-refractivity contribution in [3.8, 4) is 0 Å². The normalized spacial score (nSPS) is 12.4. The van der Waals surface area contributed by atoms with Crippen LogP contribution in [0.1, 0.15) is 51.4 Å². The summed E-state index contributed by atoms with van der Waals surface area (Å²) < 4.78 is 5.87. The molecule has 0 fully saturated rings. The SMILES string of the molecule is C=CCn1c(=NC(=O)CCCCCCCCC(=O)N=c2sc3cccc(Cl)c3n2CC=C)sc2cccc(Cl)c21. The molecule has 0 spiro atoms. The second-order valence-corrected chi connectivity index (χ2v) is 12.2. The highest BCUT2D eigenvalue weighted by molar-refractivity contribution is 7.16. The van der Waals surface area contributed by atoms with E-state index in [4.69, 9.17) is 23.2 Å². The van der Waals surface area contributed by atoms with Crippen LogP contribution in [0, 0.1) is 0 Å². The quantitative estimate of drug-likeness (QED) is 0.113. The molecule has 0 N–H and O–H groups in total. The van der Waals surface area contributed by atoms with Crippen molar-refractivity contribution in [1.82, 2.24) is 9.13 Å². The van der Waals surface area contributed by atoms with E-state index in [-0.39, 0.29) is 11.8 Å².